The van der Waals surface area contributed by atoms with Gasteiger partial charge in [-0.25, -0.2) is 0 Å². The number of ether oxygens (including phenoxy) is 1. The van der Waals surface area contributed by atoms with E-state index in [0.717, 1.165) is 0 Å². The van der Waals surface area contributed by atoms with Gasteiger partial charge in [0, 0.05) is 18.6 Å². The molecule has 0 spiro atoms. The van der Waals surface area contributed by atoms with Crippen molar-refractivity contribution in [2.75, 3.05) is 7.11 Å². The summed E-state index contributed by atoms with van der Waals surface area (Å²) in [5, 5.41) is 20.1. The average Bonchev–Trinajstić information content (AvgIpc) is 2.98. The maximum Gasteiger partial charge on any atom is 0.172 e. The first-order chi connectivity index (χ1) is 9.78. The summed E-state index contributed by atoms with van der Waals surface area (Å²) in [5.74, 6) is -0.344. The molecule has 116 valence electrons. The lowest BCUT2D eigenvalue weighted by molar-refractivity contribution is -0.0717. The van der Waals surface area contributed by atoms with Crippen molar-refractivity contribution in [1.82, 2.24) is 0 Å². The molecule has 0 unspecified atom stereocenters. The fraction of sp³-hybridized carbons (Fsp3) is 0.688. The molecule has 0 bridgehead atoms. The highest BCUT2D eigenvalue weighted by Crippen LogP contribution is 2.58. The third-order valence-electron chi connectivity index (χ3n) is 5.53. The van der Waals surface area contributed by atoms with Crippen LogP contribution in [0.2, 0.25) is 0 Å². The second-order valence-electron chi connectivity index (χ2n) is 7.05. The number of hydrogen-bond acceptors (Lipinski definition) is 5. The van der Waals surface area contributed by atoms with E-state index >= 15 is 0 Å². The Morgan fingerprint density at radius 2 is 2.10 bits per heavy atom. The Hall–Kier alpha value is -1.17. The van der Waals surface area contributed by atoms with Gasteiger partial charge in [-0.05, 0) is 18.8 Å². The molecule has 2 N–H and O–H groups in total. The van der Waals surface area contributed by atoms with Crippen molar-refractivity contribution in [1.29, 1.82) is 0 Å². The zero-order valence-corrected chi connectivity index (χ0v) is 12.8. The molecule has 2 aliphatic rings. The Labute approximate surface area is 123 Å². The molecule has 0 aliphatic heterocycles. The average molecular weight is 294 g/mol. The molecule has 0 radical (unpaired) electrons. The molecule has 1 fully saturated rings. The summed E-state index contributed by atoms with van der Waals surface area (Å²) in [4.78, 5) is 12.8. The minimum Gasteiger partial charge on any atom is -0.466 e. The summed E-state index contributed by atoms with van der Waals surface area (Å²) in [5.41, 5.74) is -0.0107. The first-order valence-electron chi connectivity index (χ1n) is 7.27. The fourth-order valence-electron chi connectivity index (χ4n) is 4.24. The van der Waals surface area contributed by atoms with Crippen LogP contribution in [0.3, 0.4) is 0 Å². The second kappa shape index (κ2) is 4.41. The third kappa shape index (κ3) is 1.71. The lowest BCUT2D eigenvalue weighted by atomic mass is 9.67. The van der Waals surface area contributed by atoms with Gasteiger partial charge in [-0.3, -0.25) is 4.79 Å². The van der Waals surface area contributed by atoms with E-state index in [2.05, 4.69) is 0 Å². The number of carbonyl (C=O) groups is 1. The normalized spacial score (nSPS) is 37.4. The quantitative estimate of drug-likeness (QED) is 0.870. The zero-order chi connectivity index (χ0) is 15.6. The molecule has 4 atom stereocenters. The Morgan fingerprint density at radius 3 is 2.67 bits per heavy atom. The number of Topliss-reactive ketones (excluding diaryl/α,β-unsaturated/α-hetero) is 1. The van der Waals surface area contributed by atoms with Crippen LogP contribution in [0.5, 0.6) is 0 Å². The van der Waals surface area contributed by atoms with E-state index in [1.807, 2.05) is 20.8 Å². The zero-order valence-electron chi connectivity index (χ0n) is 12.8. The van der Waals surface area contributed by atoms with Crippen LogP contribution in [0.25, 0.3) is 0 Å². The molecule has 0 saturated heterocycles. The van der Waals surface area contributed by atoms with Gasteiger partial charge in [-0.2, -0.15) is 0 Å². The first kappa shape index (κ1) is 14.8. The summed E-state index contributed by atoms with van der Waals surface area (Å²) < 4.78 is 11.1. The van der Waals surface area contributed by atoms with Crippen LogP contribution in [0.4, 0.5) is 0 Å². The lowest BCUT2D eigenvalue weighted by Crippen LogP contribution is -2.47. The molecule has 1 heterocycles. The molecule has 1 saturated carbocycles. The Balaban J connectivity index is 2.22. The molecule has 2 aliphatic carbocycles. The van der Waals surface area contributed by atoms with Crippen molar-refractivity contribution in [2.45, 2.75) is 45.5 Å². The monoisotopic (exact) mass is 294 g/mol. The number of carbonyl (C=O) groups excluding carboxylic acids is 1. The predicted octanol–water partition coefficient (Wildman–Crippen LogP) is 1.85. The molecule has 0 amide bonds. The Bertz CT molecular complexity index is 587. The van der Waals surface area contributed by atoms with Crippen molar-refractivity contribution in [3.05, 3.63) is 23.2 Å². The molecule has 5 heteroatoms. The van der Waals surface area contributed by atoms with Gasteiger partial charge in [0.15, 0.2) is 5.78 Å². The highest BCUT2D eigenvalue weighted by Gasteiger charge is 2.61. The van der Waals surface area contributed by atoms with Crippen molar-refractivity contribution in [3.8, 4) is 0 Å². The molecule has 3 rings (SSSR count). The highest BCUT2D eigenvalue weighted by atomic mass is 16.5. The summed E-state index contributed by atoms with van der Waals surface area (Å²) >= 11 is 0. The molecular formula is C16H22O5. The van der Waals surface area contributed by atoms with Crippen LogP contribution in [0.15, 0.2) is 10.7 Å². The number of fused-ring (bicyclic) bond motifs is 2. The Morgan fingerprint density at radius 1 is 1.43 bits per heavy atom. The van der Waals surface area contributed by atoms with E-state index in [9.17, 15) is 15.0 Å². The van der Waals surface area contributed by atoms with Crippen molar-refractivity contribution < 1.29 is 24.2 Å². The number of methoxy groups -OCH3 is 1. The topological polar surface area (TPSA) is 79.9 Å². The third-order valence-corrected chi connectivity index (χ3v) is 5.53. The van der Waals surface area contributed by atoms with E-state index in [0.29, 0.717) is 23.3 Å². The second-order valence-corrected chi connectivity index (χ2v) is 7.05. The minimum atomic E-state index is -0.742. The van der Waals surface area contributed by atoms with Crippen molar-refractivity contribution in [3.63, 3.8) is 0 Å². The van der Waals surface area contributed by atoms with Gasteiger partial charge < -0.3 is 19.4 Å². The maximum atomic E-state index is 12.8. The van der Waals surface area contributed by atoms with E-state index in [-0.39, 0.29) is 23.7 Å². The summed E-state index contributed by atoms with van der Waals surface area (Å²) in [6, 6.07) is 0. The lowest BCUT2D eigenvalue weighted by Gasteiger charge is -2.41. The molecule has 5 nitrogen and oxygen atoms in total. The number of rotatable bonds is 2. The standard InChI is InChI=1S/C16H22O5/c1-15(2)5-9-11(14(15)19)13(18)8-7-21-10(6-17)12(8)16(9,3)20-4/h7,9,11,14,17,19H,5-6H2,1-4H3/t9-,11+,14-,16+/m0/s1. The smallest absolute Gasteiger partial charge is 0.172 e. The fourth-order valence-corrected chi connectivity index (χ4v) is 4.24. The van der Waals surface area contributed by atoms with Crippen LogP contribution in [0, 0.1) is 17.3 Å². The largest absolute Gasteiger partial charge is 0.466 e. The highest BCUT2D eigenvalue weighted by molar-refractivity contribution is 6.01. The van der Waals surface area contributed by atoms with E-state index in [1.54, 1.807) is 7.11 Å². The Kier molecular flexibility index (Phi) is 3.10. The molecule has 1 aromatic heterocycles. The molecule has 1 aromatic rings. The van der Waals surface area contributed by atoms with Gasteiger partial charge in [0.1, 0.15) is 18.6 Å². The number of aliphatic hydroxyl groups is 2. The predicted molar refractivity (Wildman–Crippen MR) is 74.7 cm³/mol. The van der Waals surface area contributed by atoms with Crippen LogP contribution >= 0.6 is 0 Å². The number of aliphatic hydroxyl groups excluding tert-OH is 2. The van der Waals surface area contributed by atoms with Gasteiger partial charge >= 0.3 is 0 Å². The van der Waals surface area contributed by atoms with Crippen LogP contribution < -0.4 is 0 Å². The molecule has 0 aromatic carbocycles. The van der Waals surface area contributed by atoms with Gasteiger partial charge in [-0.1, -0.05) is 13.8 Å². The van der Waals surface area contributed by atoms with Gasteiger partial charge in [0.2, 0.25) is 0 Å². The molecular weight excluding hydrogens is 272 g/mol. The summed E-state index contributed by atoms with van der Waals surface area (Å²) in [6.07, 6.45) is 1.36. The van der Waals surface area contributed by atoms with Crippen LogP contribution in [-0.2, 0) is 16.9 Å². The molecule has 21 heavy (non-hydrogen) atoms. The van der Waals surface area contributed by atoms with E-state index in [1.165, 1.54) is 6.26 Å². The van der Waals surface area contributed by atoms with Gasteiger partial charge in [-0.15, -0.1) is 0 Å². The maximum absolute atomic E-state index is 12.8. The van der Waals surface area contributed by atoms with Gasteiger partial charge in [0.25, 0.3) is 0 Å². The van der Waals surface area contributed by atoms with Crippen molar-refractivity contribution in [2.24, 2.45) is 17.3 Å². The van der Waals surface area contributed by atoms with E-state index < -0.39 is 17.6 Å². The van der Waals surface area contributed by atoms with Crippen LogP contribution in [-0.4, -0.2) is 29.2 Å². The minimum absolute atomic E-state index is 0.106. The number of hydrogen-bond donors (Lipinski definition) is 2. The van der Waals surface area contributed by atoms with Gasteiger partial charge in [0.05, 0.1) is 23.2 Å². The SMILES string of the molecule is CO[C@@]1(C)c2c(coc2CO)C(=O)[C@@H]2[C@H](O)C(C)(C)C[C@@H]21. The van der Waals surface area contributed by atoms with E-state index in [4.69, 9.17) is 9.15 Å². The summed E-state index contributed by atoms with van der Waals surface area (Å²) in [6.45, 7) is 5.59. The van der Waals surface area contributed by atoms with Crippen molar-refractivity contribution >= 4 is 5.78 Å². The number of ketones is 1. The summed E-state index contributed by atoms with van der Waals surface area (Å²) in [7, 11) is 1.60. The first-order valence-corrected chi connectivity index (χ1v) is 7.27. The number of furan rings is 1. The van der Waals surface area contributed by atoms with Crippen LogP contribution in [0.1, 0.15) is 48.9 Å².